The van der Waals surface area contributed by atoms with Gasteiger partial charge in [0.1, 0.15) is 0 Å². The molecular formula is C8H7N5O2. The van der Waals surface area contributed by atoms with E-state index in [1.54, 1.807) is 6.07 Å². The van der Waals surface area contributed by atoms with E-state index in [1.807, 2.05) is 0 Å². The molecule has 0 saturated heterocycles. The summed E-state index contributed by atoms with van der Waals surface area (Å²) >= 11 is 0. The van der Waals surface area contributed by atoms with Gasteiger partial charge in [0.2, 0.25) is 0 Å². The van der Waals surface area contributed by atoms with Gasteiger partial charge in [0.05, 0.1) is 6.20 Å². The summed E-state index contributed by atoms with van der Waals surface area (Å²) in [7, 11) is 0. The van der Waals surface area contributed by atoms with Gasteiger partial charge in [-0.2, -0.15) is 15.4 Å². The Balaban J connectivity index is 2.17. The van der Waals surface area contributed by atoms with Crippen molar-refractivity contribution in [3.05, 3.63) is 30.2 Å². The first-order valence-electron chi connectivity index (χ1n) is 4.08. The second kappa shape index (κ2) is 3.74. The Morgan fingerprint density at radius 2 is 2.40 bits per heavy atom. The number of nitrogens with one attached hydrogen (secondary N) is 2. The Kier molecular flexibility index (Phi) is 2.28. The molecule has 76 valence electrons. The minimum atomic E-state index is -0.488. The van der Waals surface area contributed by atoms with Gasteiger partial charge in [-0.1, -0.05) is 0 Å². The van der Waals surface area contributed by atoms with Gasteiger partial charge in [0, 0.05) is 6.20 Å². The number of H-pyrrole nitrogens is 1. The molecular weight excluding hydrogens is 198 g/mol. The molecule has 15 heavy (non-hydrogen) atoms. The summed E-state index contributed by atoms with van der Waals surface area (Å²) in [6, 6.07) is 2.98. The molecule has 0 aliphatic rings. The van der Waals surface area contributed by atoms with E-state index >= 15 is 0 Å². The molecule has 0 atom stereocenters. The summed E-state index contributed by atoms with van der Waals surface area (Å²) in [5, 5.41) is 21.1. The van der Waals surface area contributed by atoms with Crippen molar-refractivity contribution in [1.29, 1.82) is 0 Å². The number of rotatable bonds is 2. The second-order valence-corrected chi connectivity index (χ2v) is 2.68. The third kappa shape index (κ3) is 1.90. The molecule has 2 rings (SSSR count). The van der Waals surface area contributed by atoms with E-state index < -0.39 is 5.91 Å². The summed E-state index contributed by atoms with van der Waals surface area (Å²) in [5.74, 6) is -0.502. The fourth-order valence-electron chi connectivity index (χ4n) is 0.976. The summed E-state index contributed by atoms with van der Waals surface area (Å²) < 4.78 is 0. The standard InChI is InChI=1S/C8H7N5O2/c14-6-2-1-3-9-7(6)11-8(15)5-4-10-13-12-5/h1-4,14H,(H,9,11,15)(H,10,12,13). The van der Waals surface area contributed by atoms with Crippen LogP contribution >= 0.6 is 0 Å². The number of aromatic amines is 1. The molecule has 1 amide bonds. The average Bonchev–Trinajstić information content (AvgIpc) is 2.74. The average molecular weight is 205 g/mol. The van der Waals surface area contributed by atoms with Crippen molar-refractivity contribution in [2.45, 2.75) is 0 Å². The number of carbonyl (C=O) groups excluding carboxylic acids is 1. The number of aromatic hydroxyl groups is 1. The molecule has 0 aliphatic heterocycles. The van der Waals surface area contributed by atoms with Crippen LogP contribution in [0.1, 0.15) is 10.5 Å². The number of carbonyl (C=O) groups is 1. The van der Waals surface area contributed by atoms with Crippen molar-refractivity contribution in [2.24, 2.45) is 0 Å². The normalized spacial score (nSPS) is 9.87. The summed E-state index contributed by atoms with van der Waals surface area (Å²) in [4.78, 5) is 15.2. The van der Waals surface area contributed by atoms with Gasteiger partial charge in [-0.3, -0.25) is 4.79 Å². The Hall–Kier alpha value is -2.44. The number of hydrogen-bond acceptors (Lipinski definition) is 5. The number of nitrogens with zero attached hydrogens (tertiary/aromatic N) is 3. The van der Waals surface area contributed by atoms with Crippen LogP contribution < -0.4 is 5.32 Å². The van der Waals surface area contributed by atoms with E-state index in [9.17, 15) is 9.90 Å². The first kappa shape index (κ1) is 9.13. The highest BCUT2D eigenvalue weighted by atomic mass is 16.3. The highest BCUT2D eigenvalue weighted by molar-refractivity contribution is 6.02. The quantitative estimate of drug-likeness (QED) is 0.647. The Morgan fingerprint density at radius 1 is 1.53 bits per heavy atom. The third-order valence-electron chi connectivity index (χ3n) is 1.67. The van der Waals surface area contributed by atoms with E-state index in [0.717, 1.165) is 0 Å². The molecule has 0 fully saturated rings. The number of aromatic nitrogens is 4. The minimum absolute atomic E-state index is 0.0884. The second-order valence-electron chi connectivity index (χ2n) is 2.68. The summed E-state index contributed by atoms with van der Waals surface area (Å²) in [6.45, 7) is 0. The van der Waals surface area contributed by atoms with Gasteiger partial charge in [0.25, 0.3) is 5.91 Å². The van der Waals surface area contributed by atoms with Crippen LogP contribution in [0.4, 0.5) is 5.82 Å². The predicted molar refractivity (Wildman–Crippen MR) is 50.2 cm³/mol. The van der Waals surface area contributed by atoms with Crippen LogP contribution in [-0.4, -0.2) is 31.4 Å². The van der Waals surface area contributed by atoms with Crippen molar-refractivity contribution in [3.63, 3.8) is 0 Å². The highest BCUT2D eigenvalue weighted by Gasteiger charge is 2.11. The fraction of sp³-hybridized carbons (Fsp3) is 0. The molecule has 3 N–H and O–H groups in total. The van der Waals surface area contributed by atoms with E-state index in [4.69, 9.17) is 0 Å². The number of pyridine rings is 1. The summed E-state index contributed by atoms with van der Waals surface area (Å²) in [6.07, 6.45) is 2.73. The monoisotopic (exact) mass is 205 g/mol. The lowest BCUT2D eigenvalue weighted by atomic mass is 10.4. The van der Waals surface area contributed by atoms with Crippen molar-refractivity contribution in [1.82, 2.24) is 20.4 Å². The maximum Gasteiger partial charge on any atom is 0.279 e. The zero-order chi connectivity index (χ0) is 10.7. The zero-order valence-corrected chi connectivity index (χ0v) is 7.51. The van der Waals surface area contributed by atoms with E-state index in [0.29, 0.717) is 0 Å². The molecule has 2 aromatic rings. The van der Waals surface area contributed by atoms with Gasteiger partial charge in [-0.05, 0) is 12.1 Å². The van der Waals surface area contributed by atoms with Crippen LogP contribution in [0.3, 0.4) is 0 Å². The molecule has 0 aromatic carbocycles. The molecule has 7 nitrogen and oxygen atoms in total. The number of anilines is 1. The third-order valence-corrected chi connectivity index (χ3v) is 1.67. The predicted octanol–water partition coefficient (Wildman–Crippen LogP) is 0.158. The number of amides is 1. The van der Waals surface area contributed by atoms with Crippen LogP contribution in [0.15, 0.2) is 24.5 Å². The Bertz CT molecular complexity index is 468. The van der Waals surface area contributed by atoms with Crippen LogP contribution in [0.25, 0.3) is 0 Å². The van der Waals surface area contributed by atoms with Gasteiger partial charge in [0.15, 0.2) is 17.3 Å². The lowest BCUT2D eigenvalue weighted by Gasteiger charge is -2.02. The van der Waals surface area contributed by atoms with Crippen LogP contribution in [0, 0.1) is 0 Å². The van der Waals surface area contributed by atoms with E-state index in [2.05, 4.69) is 25.7 Å². The lowest BCUT2D eigenvalue weighted by molar-refractivity contribution is 0.102. The SMILES string of the molecule is O=C(Nc1ncccc1O)c1cn[nH]n1. The molecule has 0 saturated carbocycles. The Labute approximate surface area is 84.2 Å². The van der Waals surface area contributed by atoms with Crippen LogP contribution in [0.2, 0.25) is 0 Å². The maximum absolute atomic E-state index is 11.4. The molecule has 0 radical (unpaired) electrons. The molecule has 0 bridgehead atoms. The van der Waals surface area contributed by atoms with Crippen molar-refractivity contribution in [2.75, 3.05) is 5.32 Å². The van der Waals surface area contributed by atoms with Crippen molar-refractivity contribution >= 4 is 11.7 Å². The first-order chi connectivity index (χ1) is 7.27. The molecule has 0 spiro atoms. The number of hydrogen-bond donors (Lipinski definition) is 3. The van der Waals surface area contributed by atoms with Crippen molar-refractivity contribution in [3.8, 4) is 5.75 Å². The largest absolute Gasteiger partial charge is 0.504 e. The van der Waals surface area contributed by atoms with Gasteiger partial charge < -0.3 is 10.4 Å². The Morgan fingerprint density at radius 3 is 3.07 bits per heavy atom. The van der Waals surface area contributed by atoms with Gasteiger partial charge in [-0.15, -0.1) is 0 Å². The molecule has 0 aliphatic carbocycles. The van der Waals surface area contributed by atoms with Crippen molar-refractivity contribution < 1.29 is 9.90 Å². The van der Waals surface area contributed by atoms with E-state index in [1.165, 1.54) is 18.5 Å². The van der Waals surface area contributed by atoms with Crippen LogP contribution in [-0.2, 0) is 0 Å². The van der Waals surface area contributed by atoms with E-state index in [-0.39, 0.29) is 17.3 Å². The van der Waals surface area contributed by atoms with Gasteiger partial charge in [-0.25, -0.2) is 4.98 Å². The molecule has 7 heteroatoms. The molecule has 2 aromatic heterocycles. The van der Waals surface area contributed by atoms with Gasteiger partial charge >= 0.3 is 0 Å². The zero-order valence-electron chi connectivity index (χ0n) is 7.51. The minimum Gasteiger partial charge on any atom is -0.504 e. The topological polar surface area (TPSA) is 104 Å². The molecule has 0 unspecified atom stereocenters. The molecule has 2 heterocycles. The summed E-state index contributed by atoms with van der Waals surface area (Å²) in [5.41, 5.74) is 0.125. The van der Waals surface area contributed by atoms with Crippen LogP contribution in [0.5, 0.6) is 5.75 Å². The maximum atomic E-state index is 11.4. The lowest BCUT2D eigenvalue weighted by Crippen LogP contribution is -2.13. The fourth-order valence-corrected chi connectivity index (χ4v) is 0.976. The highest BCUT2D eigenvalue weighted by Crippen LogP contribution is 2.18. The first-order valence-corrected chi connectivity index (χ1v) is 4.08. The smallest absolute Gasteiger partial charge is 0.279 e.